The van der Waals surface area contributed by atoms with E-state index in [1.54, 1.807) is 48.5 Å². The van der Waals surface area contributed by atoms with Crippen LogP contribution in [-0.2, 0) is 22.3 Å². The molecule has 6 nitrogen and oxygen atoms in total. The number of imidazole rings is 1. The van der Waals surface area contributed by atoms with Gasteiger partial charge in [0.05, 0.1) is 23.4 Å². The SMILES string of the molecule is COC(=O)CNC(=O)c1ccc(Cn2cc(-c3ccc(Cl)cc3Cl)nc2C=Cc2ccc(-c3cccc(C(F)(F)F)c3)cc2)cc1. The number of aromatic nitrogens is 2. The molecule has 11 heteroatoms. The van der Waals surface area contributed by atoms with Crippen LogP contribution in [0.5, 0.6) is 0 Å². The number of hydrogen-bond acceptors (Lipinski definition) is 4. The number of halogens is 5. The first-order valence-corrected chi connectivity index (χ1v) is 14.7. The molecule has 5 rings (SSSR count). The molecule has 5 aromatic rings. The molecule has 0 spiro atoms. The van der Waals surface area contributed by atoms with E-state index in [1.165, 1.54) is 13.2 Å². The molecule has 0 aliphatic heterocycles. The number of hydrogen-bond donors (Lipinski definition) is 1. The zero-order chi connectivity index (χ0) is 32.8. The molecule has 1 N–H and O–H groups in total. The van der Waals surface area contributed by atoms with Gasteiger partial charge >= 0.3 is 12.1 Å². The molecule has 0 aliphatic rings. The number of alkyl halides is 3. The van der Waals surface area contributed by atoms with Crippen LogP contribution in [0.15, 0.2) is 97.2 Å². The van der Waals surface area contributed by atoms with Crippen LogP contribution < -0.4 is 5.32 Å². The summed E-state index contributed by atoms with van der Waals surface area (Å²) in [5.41, 5.74) is 3.84. The quantitative estimate of drug-likeness (QED) is 0.160. The molecule has 234 valence electrons. The third-order valence-corrected chi connectivity index (χ3v) is 7.61. The van der Waals surface area contributed by atoms with Crippen molar-refractivity contribution in [1.29, 1.82) is 0 Å². The molecule has 1 heterocycles. The second-order valence-corrected chi connectivity index (χ2v) is 11.1. The summed E-state index contributed by atoms with van der Waals surface area (Å²) in [7, 11) is 1.25. The third kappa shape index (κ3) is 8.04. The summed E-state index contributed by atoms with van der Waals surface area (Å²) in [6, 6.07) is 24.5. The van der Waals surface area contributed by atoms with Crippen molar-refractivity contribution in [2.75, 3.05) is 13.7 Å². The molecule has 46 heavy (non-hydrogen) atoms. The second-order valence-electron chi connectivity index (χ2n) is 10.2. The molecule has 0 fully saturated rings. The number of rotatable bonds is 9. The number of ether oxygens (including phenoxy) is 1. The highest BCUT2D eigenvalue weighted by Crippen LogP contribution is 2.33. The minimum atomic E-state index is -4.42. The monoisotopic (exact) mass is 663 g/mol. The zero-order valence-corrected chi connectivity index (χ0v) is 25.8. The van der Waals surface area contributed by atoms with E-state index in [4.69, 9.17) is 28.2 Å². The molecule has 1 amide bonds. The Labute approximate surface area is 273 Å². The minimum absolute atomic E-state index is 0.230. The summed E-state index contributed by atoms with van der Waals surface area (Å²) in [5.74, 6) is -0.335. The Bertz CT molecular complexity index is 1900. The van der Waals surface area contributed by atoms with E-state index >= 15 is 0 Å². The Morgan fingerprint density at radius 1 is 0.913 bits per heavy atom. The van der Waals surface area contributed by atoms with Gasteiger partial charge < -0.3 is 14.6 Å². The molecular formula is C35H26Cl2F3N3O3. The fourth-order valence-electron chi connectivity index (χ4n) is 4.63. The molecule has 0 unspecified atom stereocenters. The van der Waals surface area contributed by atoms with Gasteiger partial charge in [0.2, 0.25) is 0 Å². The van der Waals surface area contributed by atoms with Gasteiger partial charge in [0, 0.05) is 28.9 Å². The summed E-state index contributed by atoms with van der Waals surface area (Å²) in [6.45, 7) is 0.183. The molecule has 0 atom stereocenters. The topological polar surface area (TPSA) is 73.2 Å². The van der Waals surface area contributed by atoms with E-state index in [-0.39, 0.29) is 6.54 Å². The van der Waals surface area contributed by atoms with Crippen molar-refractivity contribution in [2.45, 2.75) is 12.7 Å². The van der Waals surface area contributed by atoms with Crippen LogP contribution in [0.2, 0.25) is 10.0 Å². The number of carbonyl (C=O) groups excluding carboxylic acids is 2. The van der Waals surface area contributed by atoms with Crippen molar-refractivity contribution in [3.05, 3.63) is 135 Å². The van der Waals surface area contributed by atoms with E-state index in [2.05, 4.69) is 10.1 Å². The summed E-state index contributed by atoms with van der Waals surface area (Å²) in [4.78, 5) is 28.5. The first kappa shape index (κ1) is 32.5. The summed E-state index contributed by atoms with van der Waals surface area (Å²) in [5, 5.41) is 3.45. The lowest BCUT2D eigenvalue weighted by atomic mass is 10.0. The number of amides is 1. The Balaban J connectivity index is 1.39. The molecule has 4 aromatic carbocycles. The van der Waals surface area contributed by atoms with Gasteiger partial charge in [0.25, 0.3) is 5.91 Å². The third-order valence-electron chi connectivity index (χ3n) is 7.06. The molecule has 0 radical (unpaired) electrons. The van der Waals surface area contributed by atoms with Gasteiger partial charge in [-0.05, 0) is 70.8 Å². The number of nitrogens with zero attached hydrogens (tertiary/aromatic N) is 2. The maximum absolute atomic E-state index is 13.2. The largest absolute Gasteiger partial charge is 0.468 e. The van der Waals surface area contributed by atoms with Crippen LogP contribution >= 0.6 is 23.2 Å². The average molecular weight is 665 g/mol. The molecule has 1 aromatic heterocycles. The van der Waals surface area contributed by atoms with Crippen LogP contribution in [0.25, 0.3) is 34.5 Å². The fourth-order valence-corrected chi connectivity index (χ4v) is 5.14. The Kier molecular flexibility index (Phi) is 9.94. The van der Waals surface area contributed by atoms with Crippen molar-refractivity contribution in [3.8, 4) is 22.4 Å². The minimum Gasteiger partial charge on any atom is -0.468 e. The Morgan fingerprint density at radius 3 is 2.33 bits per heavy atom. The lowest BCUT2D eigenvalue weighted by Gasteiger charge is -2.09. The van der Waals surface area contributed by atoms with E-state index in [1.807, 2.05) is 47.2 Å². The van der Waals surface area contributed by atoms with E-state index in [9.17, 15) is 22.8 Å². The molecule has 0 bridgehead atoms. The van der Waals surface area contributed by atoms with E-state index in [0.717, 1.165) is 23.3 Å². The highest BCUT2D eigenvalue weighted by molar-refractivity contribution is 6.36. The van der Waals surface area contributed by atoms with Crippen molar-refractivity contribution in [2.24, 2.45) is 0 Å². The highest BCUT2D eigenvalue weighted by atomic mass is 35.5. The maximum atomic E-state index is 13.2. The van der Waals surface area contributed by atoms with E-state index < -0.39 is 23.6 Å². The molecule has 0 saturated carbocycles. The summed E-state index contributed by atoms with van der Waals surface area (Å²) in [6.07, 6.45) is 1.14. The fraction of sp³-hybridized carbons (Fsp3) is 0.114. The molecule has 0 saturated heterocycles. The standard InChI is InChI=1S/C35H26Cl2F3N3O3/c1-46-33(44)19-41-34(45)25-12-7-23(8-13-25)20-43-21-31(29-15-14-28(36)18-30(29)37)42-32(43)16-9-22-5-10-24(11-6-22)26-3-2-4-27(17-26)35(38,39)40/h2-18,21H,19-20H2,1H3,(H,41,45). The lowest BCUT2D eigenvalue weighted by molar-refractivity contribution is -0.139. The van der Waals surface area contributed by atoms with Crippen LogP contribution in [0, 0.1) is 0 Å². The van der Waals surface area contributed by atoms with E-state index in [0.29, 0.717) is 50.4 Å². The van der Waals surface area contributed by atoms with Crippen molar-refractivity contribution in [1.82, 2.24) is 14.9 Å². The maximum Gasteiger partial charge on any atom is 0.416 e. The predicted molar refractivity (Wildman–Crippen MR) is 173 cm³/mol. The first-order chi connectivity index (χ1) is 22.0. The van der Waals surface area contributed by atoms with Gasteiger partial charge in [-0.15, -0.1) is 0 Å². The van der Waals surface area contributed by atoms with Crippen LogP contribution in [0.3, 0.4) is 0 Å². The van der Waals surface area contributed by atoms with Gasteiger partial charge in [-0.1, -0.05) is 77.8 Å². The van der Waals surface area contributed by atoms with Crippen molar-refractivity contribution >= 4 is 47.2 Å². The van der Waals surface area contributed by atoms with Crippen LogP contribution in [0.4, 0.5) is 13.2 Å². The Morgan fingerprint density at radius 2 is 1.65 bits per heavy atom. The van der Waals surface area contributed by atoms with Crippen LogP contribution in [-0.4, -0.2) is 35.1 Å². The second kappa shape index (κ2) is 14.1. The summed E-state index contributed by atoms with van der Waals surface area (Å²) >= 11 is 12.6. The van der Waals surface area contributed by atoms with Crippen molar-refractivity contribution in [3.63, 3.8) is 0 Å². The highest BCUT2D eigenvalue weighted by Gasteiger charge is 2.30. The molecule has 0 aliphatic carbocycles. The normalized spacial score (nSPS) is 11.5. The predicted octanol–water partition coefficient (Wildman–Crippen LogP) is 8.66. The number of carbonyl (C=O) groups is 2. The lowest BCUT2D eigenvalue weighted by Crippen LogP contribution is -2.30. The van der Waals surface area contributed by atoms with Crippen LogP contribution in [0.1, 0.15) is 32.9 Å². The van der Waals surface area contributed by atoms with Gasteiger partial charge in [0.15, 0.2) is 0 Å². The zero-order valence-electron chi connectivity index (χ0n) is 24.3. The average Bonchev–Trinajstić information content (AvgIpc) is 3.44. The summed E-state index contributed by atoms with van der Waals surface area (Å²) < 4.78 is 46.0. The number of esters is 1. The van der Waals surface area contributed by atoms with Gasteiger partial charge in [0.1, 0.15) is 12.4 Å². The van der Waals surface area contributed by atoms with Gasteiger partial charge in [-0.25, -0.2) is 4.98 Å². The number of methoxy groups -OCH3 is 1. The van der Waals surface area contributed by atoms with Gasteiger partial charge in [-0.3, -0.25) is 9.59 Å². The number of nitrogens with one attached hydrogen (secondary N) is 1. The smallest absolute Gasteiger partial charge is 0.416 e. The van der Waals surface area contributed by atoms with Gasteiger partial charge in [-0.2, -0.15) is 13.2 Å². The Hall–Kier alpha value is -4.86. The van der Waals surface area contributed by atoms with Crippen molar-refractivity contribution < 1.29 is 27.5 Å². The first-order valence-electron chi connectivity index (χ1n) is 13.9. The molecular weight excluding hydrogens is 638 g/mol. The number of benzene rings is 4.